The zero-order valence-electron chi connectivity index (χ0n) is 13.1. The average Bonchev–Trinajstić information content (AvgIpc) is 3.31. The first kappa shape index (κ1) is 14.4. The molecule has 0 amide bonds. The number of H-pyrrole nitrogens is 2. The van der Waals surface area contributed by atoms with E-state index in [1.165, 1.54) is 19.4 Å². The number of imidazole rings is 1. The Hall–Kier alpha value is -1.96. The maximum Gasteiger partial charge on any atom is 0.323 e. The molecule has 7 heteroatoms. The van der Waals surface area contributed by atoms with E-state index in [0.29, 0.717) is 6.04 Å². The van der Waals surface area contributed by atoms with Crippen LogP contribution >= 0.6 is 11.3 Å². The van der Waals surface area contributed by atoms with Crippen LogP contribution in [0.4, 0.5) is 0 Å². The van der Waals surface area contributed by atoms with Gasteiger partial charge in [0.15, 0.2) is 0 Å². The van der Waals surface area contributed by atoms with Crippen LogP contribution in [-0.2, 0) is 4.74 Å². The molecule has 6 nitrogen and oxygen atoms in total. The number of benzene rings is 1. The Balaban J connectivity index is 1.42. The van der Waals surface area contributed by atoms with Crippen molar-refractivity contribution in [2.45, 2.75) is 25.0 Å². The molecule has 4 heterocycles. The fourth-order valence-electron chi connectivity index (χ4n) is 3.73. The van der Waals surface area contributed by atoms with Crippen LogP contribution in [0.2, 0.25) is 0 Å². The van der Waals surface area contributed by atoms with Gasteiger partial charge in [-0.2, -0.15) is 0 Å². The Labute approximate surface area is 142 Å². The first-order valence-electron chi connectivity index (χ1n) is 8.30. The lowest BCUT2D eigenvalue weighted by Gasteiger charge is -2.34. The summed E-state index contributed by atoms with van der Waals surface area (Å²) in [6.07, 6.45) is 2.61. The molecular weight excluding hydrogens is 324 g/mol. The van der Waals surface area contributed by atoms with Gasteiger partial charge < -0.3 is 14.7 Å². The van der Waals surface area contributed by atoms with Crippen LogP contribution in [-0.4, -0.2) is 45.6 Å². The molecule has 124 valence electrons. The van der Waals surface area contributed by atoms with Gasteiger partial charge in [-0.05, 0) is 31.5 Å². The monoisotopic (exact) mass is 342 g/mol. The topological polar surface area (TPSA) is 74.0 Å². The Bertz CT molecular complexity index is 943. The van der Waals surface area contributed by atoms with Crippen LogP contribution in [0.25, 0.3) is 22.3 Å². The smallest absolute Gasteiger partial charge is 0.323 e. The van der Waals surface area contributed by atoms with Gasteiger partial charge in [0.05, 0.1) is 23.3 Å². The molecule has 3 aromatic rings. The van der Waals surface area contributed by atoms with E-state index >= 15 is 0 Å². The highest BCUT2D eigenvalue weighted by Crippen LogP contribution is 2.33. The predicted octanol–water partition coefficient (Wildman–Crippen LogP) is 2.52. The van der Waals surface area contributed by atoms with Crippen LogP contribution in [0.1, 0.15) is 24.0 Å². The second kappa shape index (κ2) is 5.54. The Morgan fingerprint density at radius 1 is 1.29 bits per heavy atom. The highest BCUT2D eigenvalue weighted by atomic mass is 32.1. The summed E-state index contributed by atoms with van der Waals surface area (Å²) >= 11 is 1.65. The van der Waals surface area contributed by atoms with Crippen molar-refractivity contribution in [1.82, 2.24) is 19.9 Å². The lowest BCUT2D eigenvalue weighted by atomic mass is 10.1. The molecule has 0 aliphatic carbocycles. The highest BCUT2D eigenvalue weighted by molar-refractivity contribution is 7.10. The van der Waals surface area contributed by atoms with Gasteiger partial charge in [-0.1, -0.05) is 6.07 Å². The maximum atomic E-state index is 11.4. The van der Waals surface area contributed by atoms with Crippen molar-refractivity contribution < 1.29 is 4.74 Å². The van der Waals surface area contributed by atoms with E-state index < -0.39 is 0 Å². The third kappa shape index (κ3) is 2.40. The van der Waals surface area contributed by atoms with Crippen molar-refractivity contribution >= 4 is 22.4 Å². The van der Waals surface area contributed by atoms with E-state index in [9.17, 15) is 4.79 Å². The molecule has 0 radical (unpaired) electrons. The Morgan fingerprint density at radius 3 is 3.17 bits per heavy atom. The van der Waals surface area contributed by atoms with Crippen molar-refractivity contribution in [1.29, 1.82) is 0 Å². The first-order valence-corrected chi connectivity index (χ1v) is 9.18. The largest absolute Gasteiger partial charge is 0.368 e. The van der Waals surface area contributed by atoms with Crippen LogP contribution in [0, 0.1) is 0 Å². The molecule has 2 atom stereocenters. The summed E-state index contributed by atoms with van der Waals surface area (Å²) < 4.78 is 6.05. The summed E-state index contributed by atoms with van der Waals surface area (Å²) in [6.45, 7) is 2.94. The number of ether oxygens (including phenoxy) is 1. The summed E-state index contributed by atoms with van der Waals surface area (Å²) in [5.74, 6) is 0. The third-order valence-electron chi connectivity index (χ3n) is 5.00. The second-order valence-electron chi connectivity index (χ2n) is 6.52. The number of hydrogen-bond donors (Lipinski definition) is 2. The summed E-state index contributed by atoms with van der Waals surface area (Å²) in [7, 11) is 0. The molecule has 2 N–H and O–H groups in total. The fourth-order valence-corrected chi connectivity index (χ4v) is 4.59. The van der Waals surface area contributed by atoms with Crippen molar-refractivity contribution in [2.24, 2.45) is 0 Å². The van der Waals surface area contributed by atoms with Crippen LogP contribution in [0.3, 0.4) is 0 Å². The van der Waals surface area contributed by atoms with E-state index in [1.54, 1.807) is 11.3 Å². The molecule has 0 spiro atoms. The molecule has 2 aliphatic heterocycles. The van der Waals surface area contributed by atoms with E-state index in [0.717, 1.165) is 40.5 Å². The van der Waals surface area contributed by atoms with Gasteiger partial charge in [-0.15, -0.1) is 11.3 Å². The van der Waals surface area contributed by atoms with Gasteiger partial charge in [-0.3, -0.25) is 4.90 Å². The molecule has 5 rings (SSSR count). The number of aromatic nitrogens is 3. The molecule has 2 saturated heterocycles. The van der Waals surface area contributed by atoms with E-state index in [-0.39, 0.29) is 11.8 Å². The van der Waals surface area contributed by atoms with Crippen molar-refractivity contribution in [3.05, 3.63) is 39.1 Å². The number of nitrogens with one attached hydrogen (secondary N) is 2. The van der Waals surface area contributed by atoms with Crippen LogP contribution < -0.4 is 5.69 Å². The highest BCUT2D eigenvalue weighted by Gasteiger charge is 2.34. The standard InChI is InChI=1S/C17H18N4O2S/c22-17-19-12-4-3-10(6-13(12)20-17)14-9-24-16(18-14)15-7-21-5-1-2-11(21)8-23-15/h3-4,6,9,11,15H,1-2,5,7-8H2,(H2,19,20,22)/t11-,15-/m1/s1. The number of nitrogens with zero attached hydrogens (tertiary/aromatic N) is 2. The lowest BCUT2D eigenvalue weighted by molar-refractivity contribution is -0.0502. The van der Waals surface area contributed by atoms with Gasteiger partial charge in [0, 0.05) is 23.5 Å². The average molecular weight is 342 g/mol. The molecule has 2 fully saturated rings. The van der Waals surface area contributed by atoms with Gasteiger partial charge in [-0.25, -0.2) is 9.78 Å². The molecule has 0 bridgehead atoms. The summed E-state index contributed by atoms with van der Waals surface area (Å²) in [5.41, 5.74) is 3.38. The molecule has 0 saturated carbocycles. The number of rotatable bonds is 2. The van der Waals surface area contributed by atoms with Gasteiger partial charge in [0.1, 0.15) is 11.1 Å². The van der Waals surface area contributed by atoms with Gasteiger partial charge >= 0.3 is 5.69 Å². The molecule has 0 unspecified atom stereocenters. The molecule has 1 aromatic carbocycles. The summed E-state index contributed by atoms with van der Waals surface area (Å²) in [5, 5.41) is 3.11. The van der Waals surface area contributed by atoms with Crippen molar-refractivity contribution in [3.63, 3.8) is 0 Å². The summed E-state index contributed by atoms with van der Waals surface area (Å²) in [4.78, 5) is 24.3. The van der Waals surface area contributed by atoms with E-state index in [1.807, 2.05) is 18.2 Å². The number of fused-ring (bicyclic) bond motifs is 2. The van der Waals surface area contributed by atoms with E-state index in [2.05, 4.69) is 20.2 Å². The SMILES string of the molecule is O=c1[nH]c2ccc(-c3csc([C@H]4CN5CCC[C@@H]5CO4)n3)cc2[nH]1. The molecular formula is C17H18N4O2S. The zero-order chi connectivity index (χ0) is 16.1. The van der Waals surface area contributed by atoms with Crippen LogP contribution in [0.15, 0.2) is 28.4 Å². The Morgan fingerprint density at radius 2 is 2.21 bits per heavy atom. The number of thiazole rings is 1. The van der Waals surface area contributed by atoms with E-state index in [4.69, 9.17) is 9.72 Å². The fraction of sp³-hybridized carbons (Fsp3) is 0.412. The van der Waals surface area contributed by atoms with Gasteiger partial charge in [0.25, 0.3) is 0 Å². The molecule has 24 heavy (non-hydrogen) atoms. The second-order valence-corrected chi connectivity index (χ2v) is 7.41. The minimum Gasteiger partial charge on any atom is -0.368 e. The quantitative estimate of drug-likeness (QED) is 0.750. The third-order valence-corrected chi connectivity index (χ3v) is 5.94. The number of aromatic amines is 2. The molecule has 2 aromatic heterocycles. The number of hydrogen-bond acceptors (Lipinski definition) is 5. The minimum absolute atomic E-state index is 0.0777. The molecule has 2 aliphatic rings. The number of morpholine rings is 1. The normalized spacial score (nSPS) is 24.5. The van der Waals surface area contributed by atoms with Crippen molar-refractivity contribution in [3.8, 4) is 11.3 Å². The van der Waals surface area contributed by atoms with Crippen LogP contribution in [0.5, 0.6) is 0 Å². The minimum atomic E-state index is -0.183. The summed E-state index contributed by atoms with van der Waals surface area (Å²) in [6, 6.07) is 6.47. The zero-order valence-corrected chi connectivity index (χ0v) is 13.9. The lowest BCUT2D eigenvalue weighted by Crippen LogP contribution is -2.42. The predicted molar refractivity (Wildman–Crippen MR) is 93.3 cm³/mol. The Kier molecular flexibility index (Phi) is 3.32. The van der Waals surface area contributed by atoms with Crippen molar-refractivity contribution in [2.75, 3.05) is 19.7 Å². The maximum absolute atomic E-state index is 11.4. The van der Waals surface area contributed by atoms with Gasteiger partial charge in [0.2, 0.25) is 0 Å². The first-order chi connectivity index (χ1) is 11.8.